The molecule has 2 fully saturated rings. The molecule has 0 bridgehead atoms. The van der Waals surface area contributed by atoms with Crippen LogP contribution in [0.25, 0.3) is 0 Å². The van der Waals surface area contributed by atoms with Gasteiger partial charge in [-0.2, -0.15) is 4.31 Å². The molecule has 2 saturated heterocycles. The van der Waals surface area contributed by atoms with Gasteiger partial charge in [-0.1, -0.05) is 11.6 Å². The van der Waals surface area contributed by atoms with Gasteiger partial charge in [0, 0.05) is 39.3 Å². The third-order valence-electron chi connectivity index (χ3n) is 4.64. The second-order valence-electron chi connectivity index (χ2n) is 6.11. The lowest BCUT2D eigenvalue weighted by atomic mass is 10.2. The van der Waals surface area contributed by atoms with Crippen molar-refractivity contribution in [1.29, 1.82) is 0 Å². The molecule has 1 aromatic rings. The summed E-state index contributed by atoms with van der Waals surface area (Å²) in [7, 11) is -3.50. The maximum absolute atomic E-state index is 12.6. The summed E-state index contributed by atoms with van der Waals surface area (Å²) in [5, 5.41) is 0. The van der Waals surface area contributed by atoms with E-state index >= 15 is 0 Å². The summed E-state index contributed by atoms with van der Waals surface area (Å²) >= 11 is 6.92. The Hall–Kier alpha value is -0.710. The molecular formula is C15H22ClN3O4S2. The van der Waals surface area contributed by atoms with Crippen LogP contribution in [0.5, 0.6) is 0 Å². The fourth-order valence-electron chi connectivity index (χ4n) is 3.10. The number of hydrogen-bond acceptors (Lipinski definition) is 6. The van der Waals surface area contributed by atoms with Gasteiger partial charge in [-0.3, -0.25) is 9.69 Å². The van der Waals surface area contributed by atoms with Gasteiger partial charge in [-0.05, 0) is 19.1 Å². The van der Waals surface area contributed by atoms with Gasteiger partial charge < -0.3 is 9.64 Å². The van der Waals surface area contributed by atoms with E-state index in [9.17, 15) is 13.2 Å². The SMILES string of the molecule is CC(C(=O)N1CCOCC1)N1CCN(S(=O)(=O)c2ccc(Cl)s2)CC1. The molecule has 0 aromatic carbocycles. The van der Waals surface area contributed by atoms with Crippen molar-refractivity contribution in [2.24, 2.45) is 0 Å². The van der Waals surface area contributed by atoms with Crippen LogP contribution in [-0.2, 0) is 19.6 Å². The fourth-order valence-corrected chi connectivity index (χ4v) is 6.16. The van der Waals surface area contributed by atoms with Crippen LogP contribution in [0.2, 0.25) is 4.34 Å². The van der Waals surface area contributed by atoms with Crippen LogP contribution in [0.3, 0.4) is 0 Å². The van der Waals surface area contributed by atoms with Crippen molar-refractivity contribution in [2.75, 3.05) is 52.5 Å². The van der Waals surface area contributed by atoms with E-state index in [0.717, 1.165) is 11.3 Å². The Morgan fingerprint density at radius 1 is 1.16 bits per heavy atom. The number of carbonyl (C=O) groups excluding carboxylic acids is 1. The van der Waals surface area contributed by atoms with E-state index in [0.29, 0.717) is 56.8 Å². The summed E-state index contributed by atoms with van der Waals surface area (Å²) in [4.78, 5) is 16.5. The summed E-state index contributed by atoms with van der Waals surface area (Å²) in [6.07, 6.45) is 0. The highest BCUT2D eigenvalue weighted by Crippen LogP contribution is 2.28. The molecule has 0 radical (unpaired) electrons. The Labute approximate surface area is 157 Å². The lowest BCUT2D eigenvalue weighted by Crippen LogP contribution is -2.56. The van der Waals surface area contributed by atoms with Gasteiger partial charge in [0.25, 0.3) is 10.0 Å². The molecule has 0 aliphatic carbocycles. The molecule has 0 N–H and O–H groups in total. The van der Waals surface area contributed by atoms with Gasteiger partial charge in [0.05, 0.1) is 23.6 Å². The second kappa shape index (κ2) is 7.89. The standard InChI is InChI=1S/C15H22ClN3O4S2/c1-12(15(20)18-8-10-23-11-9-18)17-4-6-19(7-5-17)25(21,22)14-3-2-13(16)24-14/h2-3,12H,4-11H2,1H3. The van der Waals surface area contributed by atoms with Gasteiger partial charge >= 0.3 is 0 Å². The average Bonchev–Trinajstić information content (AvgIpc) is 3.08. The average molecular weight is 408 g/mol. The van der Waals surface area contributed by atoms with Crippen molar-refractivity contribution in [3.05, 3.63) is 16.5 Å². The first kappa shape index (κ1) is 19.1. The van der Waals surface area contributed by atoms with Crippen LogP contribution in [0.4, 0.5) is 0 Å². The van der Waals surface area contributed by atoms with E-state index in [1.165, 1.54) is 4.31 Å². The van der Waals surface area contributed by atoms with Crippen molar-refractivity contribution in [3.8, 4) is 0 Å². The van der Waals surface area contributed by atoms with Crippen LogP contribution in [0, 0.1) is 0 Å². The maximum atomic E-state index is 12.6. The Morgan fingerprint density at radius 2 is 1.80 bits per heavy atom. The summed E-state index contributed by atoms with van der Waals surface area (Å²) in [5.41, 5.74) is 0. The van der Waals surface area contributed by atoms with Gasteiger partial charge in [0.2, 0.25) is 5.91 Å². The van der Waals surface area contributed by atoms with Crippen LogP contribution in [0.1, 0.15) is 6.92 Å². The third-order valence-corrected chi connectivity index (χ3v) is 8.24. The number of rotatable bonds is 4. The molecule has 3 heterocycles. The summed E-state index contributed by atoms with van der Waals surface area (Å²) in [6, 6.07) is 2.89. The number of morpholine rings is 1. The quantitative estimate of drug-likeness (QED) is 0.743. The largest absolute Gasteiger partial charge is 0.378 e. The molecule has 1 aromatic heterocycles. The Bertz CT molecular complexity index is 710. The van der Waals surface area contributed by atoms with Crippen LogP contribution < -0.4 is 0 Å². The molecule has 2 aliphatic heterocycles. The predicted molar refractivity (Wildman–Crippen MR) is 96.5 cm³/mol. The number of nitrogens with zero attached hydrogens (tertiary/aromatic N) is 3. The molecular weight excluding hydrogens is 386 g/mol. The van der Waals surface area contributed by atoms with E-state index in [2.05, 4.69) is 0 Å². The highest BCUT2D eigenvalue weighted by molar-refractivity contribution is 7.91. The number of ether oxygens (including phenoxy) is 1. The van der Waals surface area contributed by atoms with Crippen molar-refractivity contribution in [3.63, 3.8) is 0 Å². The monoisotopic (exact) mass is 407 g/mol. The molecule has 25 heavy (non-hydrogen) atoms. The van der Waals surface area contributed by atoms with E-state index < -0.39 is 10.0 Å². The molecule has 2 aliphatic rings. The molecule has 1 amide bonds. The predicted octanol–water partition coefficient (Wildman–Crippen LogP) is 0.955. The topological polar surface area (TPSA) is 70.2 Å². The summed E-state index contributed by atoms with van der Waals surface area (Å²) < 4.78 is 32.7. The zero-order valence-corrected chi connectivity index (χ0v) is 16.4. The Balaban J connectivity index is 1.58. The molecule has 1 unspecified atom stereocenters. The van der Waals surface area contributed by atoms with Gasteiger partial charge in [0.1, 0.15) is 4.21 Å². The minimum Gasteiger partial charge on any atom is -0.378 e. The Morgan fingerprint density at radius 3 is 2.36 bits per heavy atom. The maximum Gasteiger partial charge on any atom is 0.252 e. The lowest BCUT2D eigenvalue weighted by Gasteiger charge is -2.38. The van der Waals surface area contributed by atoms with Crippen LogP contribution in [-0.4, -0.2) is 87.0 Å². The van der Waals surface area contributed by atoms with E-state index in [1.807, 2.05) is 16.7 Å². The number of halogens is 1. The number of piperazine rings is 1. The van der Waals surface area contributed by atoms with Gasteiger partial charge in [-0.15, -0.1) is 11.3 Å². The first-order valence-corrected chi connectivity index (χ1v) is 10.9. The number of thiophene rings is 1. The zero-order chi connectivity index (χ0) is 18.0. The van der Waals surface area contributed by atoms with Gasteiger partial charge in [0.15, 0.2) is 0 Å². The first-order valence-electron chi connectivity index (χ1n) is 8.25. The number of carbonyl (C=O) groups is 1. The molecule has 3 rings (SSSR count). The lowest BCUT2D eigenvalue weighted by molar-refractivity contribution is -0.140. The number of hydrogen-bond donors (Lipinski definition) is 0. The van der Waals surface area contributed by atoms with Crippen LogP contribution in [0.15, 0.2) is 16.3 Å². The Kier molecular flexibility index (Phi) is 6.02. The first-order chi connectivity index (χ1) is 11.9. The highest BCUT2D eigenvalue weighted by atomic mass is 35.5. The molecule has 140 valence electrons. The minimum atomic E-state index is -3.50. The van der Waals surface area contributed by atoms with Crippen LogP contribution >= 0.6 is 22.9 Å². The van der Waals surface area contributed by atoms with E-state index in [-0.39, 0.29) is 16.2 Å². The number of sulfonamides is 1. The third kappa shape index (κ3) is 4.17. The fraction of sp³-hybridized carbons (Fsp3) is 0.667. The van der Waals surface area contributed by atoms with Crippen molar-refractivity contribution in [2.45, 2.75) is 17.2 Å². The highest BCUT2D eigenvalue weighted by Gasteiger charge is 2.34. The zero-order valence-electron chi connectivity index (χ0n) is 14.1. The summed E-state index contributed by atoms with van der Waals surface area (Å²) in [6.45, 7) is 6.11. The van der Waals surface area contributed by atoms with E-state index in [4.69, 9.17) is 16.3 Å². The van der Waals surface area contributed by atoms with E-state index in [1.54, 1.807) is 12.1 Å². The summed E-state index contributed by atoms with van der Waals surface area (Å²) in [5.74, 6) is 0.0876. The second-order valence-corrected chi connectivity index (χ2v) is 9.99. The van der Waals surface area contributed by atoms with Crippen molar-refractivity contribution in [1.82, 2.24) is 14.1 Å². The minimum absolute atomic E-state index is 0.0876. The number of amides is 1. The van der Waals surface area contributed by atoms with Crippen molar-refractivity contribution < 1.29 is 17.9 Å². The molecule has 10 heteroatoms. The molecule has 0 saturated carbocycles. The smallest absolute Gasteiger partial charge is 0.252 e. The molecule has 0 spiro atoms. The molecule has 7 nitrogen and oxygen atoms in total. The molecule has 1 atom stereocenters. The normalized spacial score (nSPS) is 22.1. The van der Waals surface area contributed by atoms with Gasteiger partial charge in [-0.25, -0.2) is 8.42 Å². The van der Waals surface area contributed by atoms with Crippen molar-refractivity contribution >= 4 is 38.9 Å².